The summed E-state index contributed by atoms with van der Waals surface area (Å²) in [5.74, 6) is -0.154. The minimum atomic E-state index is -3.51. The summed E-state index contributed by atoms with van der Waals surface area (Å²) >= 11 is 11.8. The molecule has 0 amide bonds. The highest BCUT2D eigenvalue weighted by Gasteiger charge is 2.23. The average Bonchev–Trinajstić information content (AvgIpc) is 2.59. The zero-order chi connectivity index (χ0) is 13.5. The lowest BCUT2D eigenvalue weighted by atomic mass is 10.1. The second-order valence-corrected chi connectivity index (χ2v) is 6.54. The van der Waals surface area contributed by atoms with Crippen molar-refractivity contribution in [2.75, 3.05) is 12.0 Å². The molecule has 2 rings (SSSR count). The van der Waals surface area contributed by atoms with E-state index in [1.807, 2.05) is 0 Å². The van der Waals surface area contributed by atoms with Crippen LogP contribution in [-0.2, 0) is 9.84 Å². The van der Waals surface area contributed by atoms with E-state index in [2.05, 4.69) is 0 Å². The molecule has 96 valence electrons. The topological polar surface area (TPSA) is 73.3 Å². The van der Waals surface area contributed by atoms with Gasteiger partial charge in [0, 0.05) is 22.4 Å². The lowest BCUT2D eigenvalue weighted by Crippen LogP contribution is -2.01. The van der Waals surface area contributed by atoms with Gasteiger partial charge in [-0.25, -0.2) is 8.42 Å². The van der Waals surface area contributed by atoms with Crippen molar-refractivity contribution in [1.82, 2.24) is 0 Å². The van der Waals surface area contributed by atoms with Gasteiger partial charge in [-0.2, -0.15) is 0 Å². The third-order valence-corrected chi connectivity index (χ3v) is 4.07. The smallest absolute Gasteiger partial charge is 0.209 e. The molecule has 0 bridgehead atoms. The van der Waals surface area contributed by atoms with E-state index >= 15 is 0 Å². The highest BCUT2D eigenvalue weighted by molar-refractivity contribution is 7.91. The van der Waals surface area contributed by atoms with Crippen LogP contribution < -0.4 is 5.73 Å². The lowest BCUT2D eigenvalue weighted by molar-refractivity contribution is 0.577. The van der Waals surface area contributed by atoms with Crippen LogP contribution in [0.25, 0.3) is 11.1 Å². The molecular formula is C11H9Cl2NO3S. The van der Waals surface area contributed by atoms with Crippen LogP contribution in [-0.4, -0.2) is 14.7 Å². The number of sulfone groups is 1. The Labute approximate surface area is 114 Å². The molecule has 0 saturated heterocycles. The number of nitrogens with two attached hydrogens (primary N) is 1. The monoisotopic (exact) mass is 305 g/mol. The van der Waals surface area contributed by atoms with Gasteiger partial charge in [-0.15, -0.1) is 0 Å². The number of furan rings is 1. The molecule has 0 radical (unpaired) electrons. The molecule has 18 heavy (non-hydrogen) atoms. The largest absolute Gasteiger partial charge is 0.447 e. The number of hydrogen-bond acceptors (Lipinski definition) is 4. The lowest BCUT2D eigenvalue weighted by Gasteiger charge is -2.04. The van der Waals surface area contributed by atoms with E-state index in [4.69, 9.17) is 33.4 Å². The Morgan fingerprint density at radius 2 is 1.89 bits per heavy atom. The molecule has 4 nitrogen and oxygen atoms in total. The van der Waals surface area contributed by atoms with Gasteiger partial charge in [-0.1, -0.05) is 29.3 Å². The van der Waals surface area contributed by atoms with Crippen LogP contribution in [0.1, 0.15) is 0 Å². The summed E-state index contributed by atoms with van der Waals surface area (Å²) in [6.45, 7) is 0. The zero-order valence-electron chi connectivity index (χ0n) is 9.28. The van der Waals surface area contributed by atoms with Gasteiger partial charge in [0.05, 0.1) is 5.02 Å². The third-order valence-electron chi connectivity index (χ3n) is 2.36. The highest BCUT2D eigenvalue weighted by Crippen LogP contribution is 2.38. The van der Waals surface area contributed by atoms with Crippen molar-refractivity contribution >= 4 is 38.9 Å². The highest BCUT2D eigenvalue weighted by atomic mass is 35.5. The zero-order valence-corrected chi connectivity index (χ0v) is 11.6. The van der Waals surface area contributed by atoms with Crippen molar-refractivity contribution in [2.24, 2.45) is 0 Å². The van der Waals surface area contributed by atoms with E-state index in [1.54, 1.807) is 12.1 Å². The maximum absolute atomic E-state index is 11.7. The first-order chi connectivity index (χ1) is 8.30. The van der Waals surface area contributed by atoms with E-state index in [-0.39, 0.29) is 10.8 Å². The van der Waals surface area contributed by atoms with E-state index in [0.29, 0.717) is 21.2 Å². The Morgan fingerprint density at radius 3 is 2.44 bits per heavy atom. The molecule has 1 aromatic carbocycles. The molecule has 0 fully saturated rings. The molecule has 1 heterocycles. The standard InChI is InChI=1S/C11H9Cl2NO3S/c1-18(15,16)10-8(5-17-11(10)14)7-3-2-6(12)4-9(7)13/h2-5H,14H2,1H3. The fourth-order valence-electron chi connectivity index (χ4n) is 1.64. The predicted octanol–water partition coefficient (Wildman–Crippen LogP) is 3.24. The van der Waals surface area contributed by atoms with Crippen LogP contribution >= 0.6 is 23.2 Å². The van der Waals surface area contributed by atoms with Crippen molar-refractivity contribution in [3.05, 3.63) is 34.5 Å². The van der Waals surface area contributed by atoms with Crippen LogP contribution in [0, 0.1) is 0 Å². The Balaban J connectivity index is 2.73. The first-order valence-electron chi connectivity index (χ1n) is 4.83. The molecule has 0 aliphatic rings. The summed E-state index contributed by atoms with van der Waals surface area (Å²) in [7, 11) is -3.51. The summed E-state index contributed by atoms with van der Waals surface area (Å²) in [6.07, 6.45) is 2.32. The number of hydrogen-bond donors (Lipinski definition) is 1. The third kappa shape index (κ3) is 2.34. The second-order valence-electron chi connectivity index (χ2n) is 3.74. The van der Waals surface area contributed by atoms with Gasteiger partial charge in [-0.05, 0) is 12.1 Å². The molecule has 0 aliphatic carbocycles. The van der Waals surface area contributed by atoms with Gasteiger partial charge in [0.2, 0.25) is 5.88 Å². The molecule has 0 saturated carbocycles. The van der Waals surface area contributed by atoms with Crippen molar-refractivity contribution in [1.29, 1.82) is 0 Å². The average molecular weight is 306 g/mol. The van der Waals surface area contributed by atoms with E-state index in [0.717, 1.165) is 6.26 Å². The second kappa shape index (κ2) is 4.50. The minimum Gasteiger partial charge on any atom is -0.447 e. The Bertz CT molecular complexity index is 707. The maximum atomic E-state index is 11.7. The van der Waals surface area contributed by atoms with E-state index in [9.17, 15) is 8.42 Å². The maximum Gasteiger partial charge on any atom is 0.209 e. The summed E-state index contributed by atoms with van der Waals surface area (Å²) in [6, 6.07) is 4.75. The van der Waals surface area contributed by atoms with Gasteiger partial charge in [0.1, 0.15) is 11.2 Å². The number of halogens is 2. The molecule has 7 heteroatoms. The van der Waals surface area contributed by atoms with Crippen molar-refractivity contribution in [3.8, 4) is 11.1 Å². The number of anilines is 1. The first-order valence-corrected chi connectivity index (χ1v) is 7.48. The Hall–Kier alpha value is -1.17. The number of nitrogen functional groups attached to an aromatic ring is 1. The van der Waals surface area contributed by atoms with Gasteiger partial charge in [-0.3, -0.25) is 0 Å². The van der Waals surface area contributed by atoms with Gasteiger partial charge >= 0.3 is 0 Å². The molecular weight excluding hydrogens is 297 g/mol. The molecule has 2 aromatic rings. The van der Waals surface area contributed by atoms with E-state index < -0.39 is 9.84 Å². The van der Waals surface area contributed by atoms with Gasteiger partial charge in [0.25, 0.3) is 0 Å². The fraction of sp³-hybridized carbons (Fsp3) is 0.0909. The van der Waals surface area contributed by atoms with Gasteiger partial charge < -0.3 is 10.2 Å². The SMILES string of the molecule is CS(=O)(=O)c1c(-c2ccc(Cl)cc2Cl)coc1N. The molecule has 0 atom stereocenters. The Morgan fingerprint density at radius 1 is 1.22 bits per heavy atom. The van der Waals surface area contributed by atoms with Crippen LogP contribution in [0.5, 0.6) is 0 Å². The number of rotatable bonds is 2. The normalized spacial score (nSPS) is 11.7. The first kappa shape index (κ1) is 13.3. The molecule has 0 spiro atoms. The summed E-state index contributed by atoms with van der Waals surface area (Å²) < 4.78 is 28.3. The van der Waals surface area contributed by atoms with Crippen molar-refractivity contribution < 1.29 is 12.8 Å². The molecule has 1 aromatic heterocycles. The minimum absolute atomic E-state index is 0.0632. The summed E-state index contributed by atoms with van der Waals surface area (Å²) in [5, 5.41) is 0.786. The van der Waals surface area contributed by atoms with Crippen LogP contribution in [0.15, 0.2) is 33.8 Å². The molecule has 2 N–H and O–H groups in total. The molecule has 0 aliphatic heterocycles. The Kier molecular flexibility index (Phi) is 3.31. The predicted molar refractivity (Wildman–Crippen MR) is 71.7 cm³/mol. The number of benzene rings is 1. The fourth-order valence-corrected chi connectivity index (χ4v) is 3.12. The van der Waals surface area contributed by atoms with Crippen LogP contribution in [0.2, 0.25) is 10.0 Å². The van der Waals surface area contributed by atoms with Crippen LogP contribution in [0.3, 0.4) is 0 Å². The quantitative estimate of drug-likeness (QED) is 0.924. The van der Waals surface area contributed by atoms with Crippen molar-refractivity contribution in [2.45, 2.75) is 4.90 Å². The van der Waals surface area contributed by atoms with Crippen molar-refractivity contribution in [3.63, 3.8) is 0 Å². The summed E-state index contributed by atoms with van der Waals surface area (Å²) in [5.41, 5.74) is 6.36. The molecule has 0 unspecified atom stereocenters. The summed E-state index contributed by atoms with van der Waals surface area (Å²) in [4.78, 5) is -0.0632. The van der Waals surface area contributed by atoms with Crippen LogP contribution in [0.4, 0.5) is 5.88 Å². The van der Waals surface area contributed by atoms with Gasteiger partial charge in [0.15, 0.2) is 9.84 Å². The van der Waals surface area contributed by atoms with E-state index in [1.165, 1.54) is 12.3 Å².